The van der Waals surface area contributed by atoms with Crippen LogP contribution in [-0.2, 0) is 11.3 Å². The molecule has 1 unspecified atom stereocenters. The molecule has 22 heavy (non-hydrogen) atoms. The molecular formula is C18H18O4. The number of methoxy groups -OCH3 is 1. The van der Waals surface area contributed by atoms with Gasteiger partial charge in [-0.05, 0) is 35.7 Å². The molecule has 1 heterocycles. The van der Waals surface area contributed by atoms with Crippen LogP contribution >= 0.6 is 0 Å². The topological polar surface area (TPSA) is 55.8 Å². The van der Waals surface area contributed by atoms with Crippen molar-refractivity contribution in [3.8, 4) is 5.75 Å². The summed E-state index contributed by atoms with van der Waals surface area (Å²) in [6.45, 7) is 0.559. The van der Waals surface area contributed by atoms with Gasteiger partial charge in [0, 0.05) is 18.1 Å². The van der Waals surface area contributed by atoms with Crippen molar-refractivity contribution >= 4 is 5.97 Å². The van der Waals surface area contributed by atoms with Gasteiger partial charge in [0.05, 0.1) is 12.7 Å². The van der Waals surface area contributed by atoms with Gasteiger partial charge in [-0.15, -0.1) is 0 Å². The number of ether oxygens (including phenoxy) is 2. The summed E-state index contributed by atoms with van der Waals surface area (Å²) in [4.78, 5) is 11.8. The van der Waals surface area contributed by atoms with E-state index >= 15 is 0 Å². The first-order valence-electron chi connectivity index (χ1n) is 7.28. The van der Waals surface area contributed by atoms with Crippen LogP contribution in [0, 0.1) is 0 Å². The number of carbonyl (C=O) groups excluding carboxylic acids is 1. The van der Waals surface area contributed by atoms with Gasteiger partial charge in [0.15, 0.2) is 0 Å². The van der Waals surface area contributed by atoms with E-state index in [1.165, 1.54) is 7.11 Å². The van der Waals surface area contributed by atoms with E-state index in [4.69, 9.17) is 9.47 Å². The van der Waals surface area contributed by atoms with Crippen molar-refractivity contribution in [2.75, 3.05) is 13.7 Å². The Hall–Kier alpha value is -2.33. The number of benzene rings is 2. The van der Waals surface area contributed by atoms with Gasteiger partial charge >= 0.3 is 5.97 Å². The smallest absolute Gasteiger partial charge is 0.337 e. The van der Waals surface area contributed by atoms with Crippen LogP contribution in [-0.4, -0.2) is 24.8 Å². The van der Waals surface area contributed by atoms with Gasteiger partial charge in [0.25, 0.3) is 0 Å². The average Bonchev–Trinajstić information content (AvgIpc) is 2.72. The van der Waals surface area contributed by atoms with E-state index in [-0.39, 0.29) is 18.5 Å². The van der Waals surface area contributed by atoms with Gasteiger partial charge in [-0.1, -0.05) is 24.3 Å². The lowest BCUT2D eigenvalue weighted by Crippen LogP contribution is -2.07. The minimum absolute atomic E-state index is 0.00306. The van der Waals surface area contributed by atoms with Gasteiger partial charge in [0.2, 0.25) is 0 Å². The van der Waals surface area contributed by atoms with Crippen LogP contribution in [0.4, 0.5) is 0 Å². The highest BCUT2D eigenvalue weighted by molar-refractivity contribution is 5.89. The number of aliphatic hydroxyl groups excluding tert-OH is 1. The molecular weight excluding hydrogens is 280 g/mol. The number of esters is 1. The van der Waals surface area contributed by atoms with E-state index in [1.54, 1.807) is 12.1 Å². The third-order valence-corrected chi connectivity index (χ3v) is 4.04. The third-order valence-electron chi connectivity index (χ3n) is 4.04. The number of rotatable bonds is 3. The molecule has 0 bridgehead atoms. The maximum atomic E-state index is 11.8. The first-order valence-corrected chi connectivity index (χ1v) is 7.28. The molecule has 4 nitrogen and oxygen atoms in total. The molecule has 0 aliphatic carbocycles. The van der Waals surface area contributed by atoms with Crippen molar-refractivity contribution < 1.29 is 19.4 Å². The molecule has 1 aliphatic heterocycles. The molecule has 0 radical (unpaired) electrons. The van der Waals surface area contributed by atoms with Crippen LogP contribution in [0.3, 0.4) is 0 Å². The van der Waals surface area contributed by atoms with Crippen LogP contribution in [0.25, 0.3) is 0 Å². The predicted molar refractivity (Wildman–Crippen MR) is 82.1 cm³/mol. The fraction of sp³-hybridized carbons (Fsp3) is 0.278. The summed E-state index contributed by atoms with van der Waals surface area (Å²) in [6.07, 6.45) is 0.581. The zero-order valence-electron chi connectivity index (χ0n) is 12.4. The Balaban J connectivity index is 2.13. The number of fused-ring (bicyclic) bond motifs is 2. The number of carbonyl (C=O) groups is 1. The second-order valence-electron chi connectivity index (χ2n) is 5.30. The number of hydrogen-bond acceptors (Lipinski definition) is 4. The van der Waals surface area contributed by atoms with E-state index < -0.39 is 0 Å². The average molecular weight is 298 g/mol. The van der Waals surface area contributed by atoms with E-state index in [9.17, 15) is 9.90 Å². The van der Waals surface area contributed by atoms with E-state index in [0.29, 0.717) is 18.6 Å². The molecule has 0 saturated carbocycles. The molecule has 4 heteroatoms. The van der Waals surface area contributed by atoms with Crippen molar-refractivity contribution in [1.29, 1.82) is 0 Å². The highest BCUT2D eigenvalue weighted by Crippen LogP contribution is 2.39. The monoisotopic (exact) mass is 298 g/mol. The Kier molecular flexibility index (Phi) is 4.11. The van der Waals surface area contributed by atoms with E-state index in [1.807, 2.05) is 24.3 Å². The third kappa shape index (κ3) is 2.57. The summed E-state index contributed by atoms with van der Waals surface area (Å²) in [7, 11) is 1.37. The summed E-state index contributed by atoms with van der Waals surface area (Å²) in [5.41, 5.74) is 3.66. The Morgan fingerprint density at radius 1 is 1.27 bits per heavy atom. The summed E-state index contributed by atoms with van der Waals surface area (Å²) < 4.78 is 10.7. The number of hydrogen-bond donors (Lipinski definition) is 1. The first-order chi connectivity index (χ1) is 10.7. The molecule has 2 aromatic carbocycles. The summed E-state index contributed by atoms with van der Waals surface area (Å²) >= 11 is 0. The fourth-order valence-corrected chi connectivity index (χ4v) is 2.97. The first kappa shape index (κ1) is 14.6. The zero-order valence-corrected chi connectivity index (χ0v) is 12.4. The van der Waals surface area contributed by atoms with Crippen LogP contribution in [0.2, 0.25) is 0 Å². The molecule has 3 rings (SSSR count). The second-order valence-corrected chi connectivity index (χ2v) is 5.30. The molecule has 2 aromatic rings. The van der Waals surface area contributed by atoms with Gasteiger partial charge in [-0.2, -0.15) is 0 Å². The van der Waals surface area contributed by atoms with Gasteiger partial charge in [-0.25, -0.2) is 4.79 Å². The lowest BCUT2D eigenvalue weighted by Gasteiger charge is -2.18. The lowest BCUT2D eigenvalue weighted by atomic mass is 9.85. The van der Waals surface area contributed by atoms with Gasteiger partial charge in [0.1, 0.15) is 12.4 Å². The Bertz CT molecular complexity index is 693. The molecule has 0 fully saturated rings. The maximum absolute atomic E-state index is 11.8. The highest BCUT2D eigenvalue weighted by Gasteiger charge is 2.25. The zero-order chi connectivity index (χ0) is 15.5. The van der Waals surface area contributed by atoms with Crippen LogP contribution < -0.4 is 4.74 Å². The van der Waals surface area contributed by atoms with Crippen LogP contribution in [0.15, 0.2) is 42.5 Å². The Morgan fingerprint density at radius 2 is 2.09 bits per heavy atom. The normalized spacial score (nSPS) is 16.0. The number of aliphatic hydroxyl groups is 1. The molecule has 1 aliphatic rings. The molecule has 1 atom stereocenters. The predicted octanol–water partition coefficient (Wildman–Crippen LogP) is 2.88. The van der Waals surface area contributed by atoms with E-state index in [2.05, 4.69) is 6.07 Å². The highest BCUT2D eigenvalue weighted by atomic mass is 16.5. The van der Waals surface area contributed by atoms with Crippen molar-refractivity contribution in [2.24, 2.45) is 0 Å². The van der Waals surface area contributed by atoms with Crippen molar-refractivity contribution in [3.63, 3.8) is 0 Å². The van der Waals surface area contributed by atoms with Crippen molar-refractivity contribution in [1.82, 2.24) is 0 Å². The minimum Gasteiger partial charge on any atom is -0.489 e. The molecule has 0 aromatic heterocycles. The van der Waals surface area contributed by atoms with Crippen LogP contribution in [0.1, 0.15) is 39.4 Å². The maximum Gasteiger partial charge on any atom is 0.337 e. The Morgan fingerprint density at radius 3 is 2.86 bits per heavy atom. The fourth-order valence-electron chi connectivity index (χ4n) is 2.97. The van der Waals surface area contributed by atoms with Crippen molar-refractivity contribution in [2.45, 2.75) is 18.9 Å². The molecule has 0 spiro atoms. The standard InChI is InChI=1S/C18H18O4/c1-21-18(20)12-6-7-17-16(10-12)15(8-9-19)14-5-3-2-4-13(14)11-22-17/h2-7,10,15,19H,8-9,11H2,1H3. The van der Waals surface area contributed by atoms with Crippen molar-refractivity contribution in [3.05, 3.63) is 64.7 Å². The quantitative estimate of drug-likeness (QED) is 0.885. The largest absolute Gasteiger partial charge is 0.489 e. The molecule has 1 N–H and O–H groups in total. The lowest BCUT2D eigenvalue weighted by molar-refractivity contribution is 0.0600. The van der Waals surface area contributed by atoms with Gasteiger partial charge < -0.3 is 14.6 Å². The minimum atomic E-state index is -0.372. The van der Waals surface area contributed by atoms with E-state index in [0.717, 1.165) is 22.4 Å². The second kappa shape index (κ2) is 6.20. The summed E-state index contributed by atoms with van der Waals surface area (Å²) in [6, 6.07) is 13.4. The van der Waals surface area contributed by atoms with Gasteiger partial charge in [-0.3, -0.25) is 0 Å². The Labute approximate surface area is 129 Å². The SMILES string of the molecule is COC(=O)c1ccc2c(c1)C(CCO)c1ccccc1CO2. The molecule has 0 saturated heterocycles. The molecule has 114 valence electrons. The molecule has 0 amide bonds. The summed E-state index contributed by atoms with van der Waals surface area (Å²) in [5, 5.41) is 9.45. The summed E-state index contributed by atoms with van der Waals surface area (Å²) in [5.74, 6) is 0.383. The van der Waals surface area contributed by atoms with Crippen LogP contribution in [0.5, 0.6) is 5.75 Å².